The van der Waals surface area contributed by atoms with Gasteiger partial charge in [0.2, 0.25) is 11.1 Å². The first-order valence-electron chi connectivity index (χ1n) is 6.59. The minimum Gasteiger partial charge on any atom is -0.323 e. The van der Waals surface area contributed by atoms with E-state index < -0.39 is 5.82 Å². The molecule has 6 nitrogen and oxygen atoms in total. The van der Waals surface area contributed by atoms with Crippen LogP contribution in [0.4, 0.5) is 10.1 Å². The standard InChI is InChI=1S/C13H15BrFN5OS/c1-8(2)6-20-13(17-18-19-20)22-7-12(21)16-11-4-3-9(14)5-10(11)15/h3-5,8H,6-7H2,1-2H3,(H,16,21). The van der Waals surface area contributed by atoms with Crippen molar-refractivity contribution < 1.29 is 9.18 Å². The molecule has 0 radical (unpaired) electrons. The molecule has 0 saturated carbocycles. The molecule has 1 heterocycles. The second kappa shape index (κ2) is 7.68. The molecule has 118 valence electrons. The van der Waals surface area contributed by atoms with Crippen LogP contribution in [0.3, 0.4) is 0 Å². The van der Waals surface area contributed by atoms with Gasteiger partial charge in [-0.15, -0.1) is 5.10 Å². The van der Waals surface area contributed by atoms with Crippen LogP contribution >= 0.6 is 27.7 Å². The number of hydrogen-bond acceptors (Lipinski definition) is 5. The Morgan fingerprint density at radius 2 is 2.27 bits per heavy atom. The van der Waals surface area contributed by atoms with E-state index >= 15 is 0 Å². The first-order valence-corrected chi connectivity index (χ1v) is 8.37. The number of tetrazole rings is 1. The second-order valence-electron chi connectivity index (χ2n) is 5.00. The van der Waals surface area contributed by atoms with E-state index in [-0.39, 0.29) is 17.3 Å². The molecule has 22 heavy (non-hydrogen) atoms. The molecule has 0 aliphatic rings. The minimum absolute atomic E-state index is 0.105. The largest absolute Gasteiger partial charge is 0.323 e. The van der Waals surface area contributed by atoms with Gasteiger partial charge in [0.25, 0.3) is 0 Å². The fourth-order valence-electron chi connectivity index (χ4n) is 1.67. The summed E-state index contributed by atoms with van der Waals surface area (Å²) >= 11 is 4.38. The third-order valence-electron chi connectivity index (χ3n) is 2.57. The molecule has 0 unspecified atom stereocenters. The molecule has 0 fully saturated rings. The molecule has 0 aliphatic heterocycles. The monoisotopic (exact) mass is 387 g/mol. The predicted molar refractivity (Wildman–Crippen MR) is 86.1 cm³/mol. The van der Waals surface area contributed by atoms with Gasteiger partial charge in [0, 0.05) is 11.0 Å². The van der Waals surface area contributed by atoms with Crippen LogP contribution in [-0.4, -0.2) is 31.9 Å². The number of aromatic nitrogens is 4. The summed E-state index contributed by atoms with van der Waals surface area (Å²) in [6.07, 6.45) is 0. The highest BCUT2D eigenvalue weighted by Gasteiger charge is 2.12. The Balaban J connectivity index is 1.92. The third-order valence-corrected chi connectivity index (χ3v) is 4.03. The molecule has 1 aromatic carbocycles. The van der Waals surface area contributed by atoms with Gasteiger partial charge in [0.15, 0.2) is 0 Å². The quantitative estimate of drug-likeness (QED) is 0.771. The summed E-state index contributed by atoms with van der Waals surface area (Å²) in [5.41, 5.74) is 0.149. The molecule has 1 aromatic heterocycles. The molecule has 2 aromatic rings. The van der Waals surface area contributed by atoms with Crippen molar-refractivity contribution >= 4 is 39.3 Å². The molecule has 0 bridgehead atoms. The number of hydrogen-bond donors (Lipinski definition) is 1. The Kier molecular flexibility index (Phi) is 5.90. The fourth-order valence-corrected chi connectivity index (χ4v) is 2.69. The maximum absolute atomic E-state index is 13.6. The first kappa shape index (κ1) is 16.9. The van der Waals surface area contributed by atoms with E-state index in [4.69, 9.17) is 0 Å². The van der Waals surface area contributed by atoms with Crippen molar-refractivity contribution in [3.05, 3.63) is 28.5 Å². The Morgan fingerprint density at radius 3 is 2.95 bits per heavy atom. The highest BCUT2D eigenvalue weighted by atomic mass is 79.9. The Labute approximate surface area is 140 Å². The van der Waals surface area contributed by atoms with Gasteiger partial charge in [0.05, 0.1) is 11.4 Å². The van der Waals surface area contributed by atoms with Crippen LogP contribution in [0.15, 0.2) is 27.8 Å². The lowest BCUT2D eigenvalue weighted by Gasteiger charge is -2.08. The van der Waals surface area contributed by atoms with Gasteiger partial charge in [-0.25, -0.2) is 9.07 Å². The van der Waals surface area contributed by atoms with Gasteiger partial charge in [-0.1, -0.05) is 41.5 Å². The van der Waals surface area contributed by atoms with Crippen LogP contribution in [0.2, 0.25) is 0 Å². The van der Waals surface area contributed by atoms with E-state index in [2.05, 4.69) is 50.6 Å². The van der Waals surface area contributed by atoms with Gasteiger partial charge in [-0.3, -0.25) is 4.79 Å². The van der Waals surface area contributed by atoms with Crippen molar-refractivity contribution in [3.63, 3.8) is 0 Å². The topological polar surface area (TPSA) is 72.7 Å². The summed E-state index contributed by atoms with van der Waals surface area (Å²) in [6, 6.07) is 4.46. The van der Waals surface area contributed by atoms with E-state index in [9.17, 15) is 9.18 Å². The number of anilines is 1. The van der Waals surface area contributed by atoms with E-state index in [0.717, 1.165) is 0 Å². The normalized spacial score (nSPS) is 11.0. The maximum atomic E-state index is 13.6. The number of nitrogens with zero attached hydrogens (tertiary/aromatic N) is 4. The van der Waals surface area contributed by atoms with Crippen molar-refractivity contribution in [2.45, 2.75) is 25.5 Å². The van der Waals surface area contributed by atoms with Crippen LogP contribution in [0, 0.1) is 11.7 Å². The Hall–Kier alpha value is -1.48. The van der Waals surface area contributed by atoms with Crippen molar-refractivity contribution in [2.75, 3.05) is 11.1 Å². The van der Waals surface area contributed by atoms with Gasteiger partial charge >= 0.3 is 0 Å². The van der Waals surface area contributed by atoms with Crippen LogP contribution in [0.25, 0.3) is 0 Å². The summed E-state index contributed by atoms with van der Waals surface area (Å²) in [5.74, 6) is -0.301. The zero-order chi connectivity index (χ0) is 16.1. The molecule has 0 aliphatic carbocycles. The van der Waals surface area contributed by atoms with Crippen molar-refractivity contribution in [3.8, 4) is 0 Å². The summed E-state index contributed by atoms with van der Waals surface area (Å²) < 4.78 is 15.9. The smallest absolute Gasteiger partial charge is 0.234 e. The number of nitrogens with one attached hydrogen (secondary N) is 1. The summed E-state index contributed by atoms with van der Waals surface area (Å²) in [4.78, 5) is 11.9. The van der Waals surface area contributed by atoms with Crippen LogP contribution in [0.5, 0.6) is 0 Å². The lowest BCUT2D eigenvalue weighted by molar-refractivity contribution is -0.113. The number of carbonyl (C=O) groups excluding carboxylic acids is 1. The third kappa shape index (κ3) is 4.77. The molecule has 0 saturated heterocycles. The highest BCUT2D eigenvalue weighted by molar-refractivity contribution is 9.10. The van der Waals surface area contributed by atoms with Gasteiger partial charge in [0.1, 0.15) is 5.82 Å². The molecule has 1 amide bonds. The van der Waals surface area contributed by atoms with E-state index in [0.29, 0.717) is 22.1 Å². The fraction of sp³-hybridized carbons (Fsp3) is 0.385. The number of halogens is 2. The van der Waals surface area contributed by atoms with Crippen LogP contribution in [0.1, 0.15) is 13.8 Å². The van der Waals surface area contributed by atoms with Gasteiger partial charge in [-0.05, 0) is 34.5 Å². The summed E-state index contributed by atoms with van der Waals surface area (Å²) in [5, 5.41) is 14.5. The molecule has 9 heteroatoms. The Bertz CT molecular complexity index is 664. The molecular weight excluding hydrogens is 373 g/mol. The minimum atomic E-state index is -0.489. The molecule has 0 atom stereocenters. The number of thioether (sulfide) groups is 1. The average molecular weight is 388 g/mol. The van der Waals surface area contributed by atoms with E-state index in [1.54, 1.807) is 10.7 Å². The molecule has 2 rings (SSSR count). The summed E-state index contributed by atoms with van der Waals surface area (Å²) in [6.45, 7) is 4.79. The Morgan fingerprint density at radius 1 is 1.50 bits per heavy atom. The second-order valence-corrected chi connectivity index (χ2v) is 6.86. The lowest BCUT2D eigenvalue weighted by atomic mass is 10.2. The number of benzene rings is 1. The summed E-state index contributed by atoms with van der Waals surface area (Å²) in [7, 11) is 0. The lowest BCUT2D eigenvalue weighted by Crippen LogP contribution is -2.16. The number of amides is 1. The molecular formula is C13H15BrFN5OS. The van der Waals surface area contributed by atoms with E-state index in [1.165, 1.54) is 23.9 Å². The number of rotatable bonds is 6. The zero-order valence-electron chi connectivity index (χ0n) is 12.1. The first-order chi connectivity index (χ1) is 10.5. The van der Waals surface area contributed by atoms with E-state index in [1.807, 2.05) is 0 Å². The van der Waals surface area contributed by atoms with Gasteiger partial charge < -0.3 is 5.32 Å². The number of carbonyl (C=O) groups is 1. The SMILES string of the molecule is CC(C)Cn1nnnc1SCC(=O)Nc1ccc(Br)cc1F. The molecule has 1 N–H and O–H groups in total. The van der Waals surface area contributed by atoms with Crippen molar-refractivity contribution in [1.82, 2.24) is 20.2 Å². The van der Waals surface area contributed by atoms with Crippen LogP contribution < -0.4 is 5.32 Å². The maximum Gasteiger partial charge on any atom is 0.234 e. The predicted octanol–water partition coefficient (Wildman–Crippen LogP) is 2.96. The van der Waals surface area contributed by atoms with Gasteiger partial charge in [-0.2, -0.15) is 0 Å². The van der Waals surface area contributed by atoms with Crippen molar-refractivity contribution in [1.29, 1.82) is 0 Å². The average Bonchev–Trinajstić information content (AvgIpc) is 2.86. The van der Waals surface area contributed by atoms with Crippen molar-refractivity contribution in [2.24, 2.45) is 5.92 Å². The zero-order valence-corrected chi connectivity index (χ0v) is 14.5. The highest BCUT2D eigenvalue weighted by Crippen LogP contribution is 2.20. The molecule has 0 spiro atoms. The van der Waals surface area contributed by atoms with Crippen LogP contribution in [-0.2, 0) is 11.3 Å².